The average Bonchev–Trinajstić information content (AvgIpc) is 2.70. The van der Waals surface area contributed by atoms with Gasteiger partial charge in [0.25, 0.3) is 5.91 Å². The van der Waals surface area contributed by atoms with Gasteiger partial charge in [0.05, 0.1) is 18.0 Å². The fourth-order valence-corrected chi connectivity index (χ4v) is 2.04. The number of ether oxygens (including phenoxy) is 1. The van der Waals surface area contributed by atoms with E-state index in [4.69, 9.17) is 0 Å². The number of alkyl halides is 3. The summed E-state index contributed by atoms with van der Waals surface area (Å²) in [5.41, 5.74) is 0.449. The number of nitrogens with one attached hydrogen (secondary N) is 1. The van der Waals surface area contributed by atoms with Crippen LogP contribution in [0.4, 0.5) is 17.6 Å². The summed E-state index contributed by atoms with van der Waals surface area (Å²) in [5, 5.41) is 2.44. The Labute approximate surface area is 175 Å². The molecule has 1 amide bonds. The van der Waals surface area contributed by atoms with Gasteiger partial charge in [-0.3, -0.25) is 9.59 Å². The number of esters is 1. The van der Waals surface area contributed by atoms with E-state index >= 15 is 0 Å². The number of benzene rings is 2. The van der Waals surface area contributed by atoms with Gasteiger partial charge in [0.2, 0.25) is 0 Å². The Kier molecular flexibility index (Phi) is 12.6. The molecule has 0 aromatic heterocycles. The minimum Gasteiger partial charge on any atom is -0.468 e. The van der Waals surface area contributed by atoms with Crippen molar-refractivity contribution in [3.05, 3.63) is 69.9 Å². The Morgan fingerprint density at radius 3 is 2.14 bits per heavy atom. The van der Waals surface area contributed by atoms with Gasteiger partial charge in [-0.2, -0.15) is 13.2 Å². The zero-order valence-electron chi connectivity index (χ0n) is 16.1. The maximum Gasteiger partial charge on any atom is 0.393 e. The molecule has 0 fully saturated rings. The molecule has 0 aliphatic rings. The van der Waals surface area contributed by atoms with Crippen LogP contribution < -0.4 is 5.32 Å². The minimum absolute atomic E-state index is 0.0757. The van der Waals surface area contributed by atoms with Crippen LogP contribution in [0, 0.1) is 5.82 Å². The summed E-state index contributed by atoms with van der Waals surface area (Å²) >= 11 is 2.85. The summed E-state index contributed by atoms with van der Waals surface area (Å²) in [6, 6.07) is 12.0. The molecule has 160 valence electrons. The van der Waals surface area contributed by atoms with Crippen LogP contribution in [0.2, 0.25) is 0 Å². The van der Waals surface area contributed by atoms with Crippen LogP contribution in [-0.4, -0.2) is 31.7 Å². The van der Waals surface area contributed by atoms with Crippen LogP contribution in [0.15, 0.2) is 53.0 Å². The molecule has 0 aliphatic carbocycles. The van der Waals surface area contributed by atoms with Crippen molar-refractivity contribution in [1.82, 2.24) is 5.32 Å². The second-order valence-corrected chi connectivity index (χ2v) is 6.02. The van der Waals surface area contributed by atoms with Gasteiger partial charge < -0.3 is 10.1 Å². The maximum atomic E-state index is 12.7. The third-order valence-corrected chi connectivity index (χ3v) is 3.69. The van der Waals surface area contributed by atoms with E-state index in [2.05, 4.69) is 26.0 Å². The molecule has 0 spiro atoms. The molecule has 0 atom stereocenters. The molecule has 2 rings (SSSR count). The fraction of sp³-hybridized carbons (Fsp3) is 0.300. The van der Waals surface area contributed by atoms with E-state index < -0.39 is 24.4 Å². The SMILES string of the molecule is CC.COC(=O)CNC(=O)c1ccccc1.Fc1cc(CC(F)(F)F)ccc1Br. The molecular formula is C20H22BrF4NO3. The summed E-state index contributed by atoms with van der Waals surface area (Å²) in [4.78, 5) is 22.1. The minimum atomic E-state index is -4.29. The van der Waals surface area contributed by atoms with Crippen molar-refractivity contribution < 1.29 is 31.9 Å². The number of carbonyl (C=O) groups excluding carboxylic acids is 2. The van der Waals surface area contributed by atoms with Crippen LogP contribution in [0.3, 0.4) is 0 Å². The van der Waals surface area contributed by atoms with Crippen molar-refractivity contribution in [3.8, 4) is 0 Å². The summed E-state index contributed by atoms with van der Waals surface area (Å²) < 4.78 is 52.8. The van der Waals surface area contributed by atoms with Gasteiger partial charge in [-0.15, -0.1) is 0 Å². The fourth-order valence-electron chi connectivity index (χ4n) is 1.80. The zero-order chi connectivity index (χ0) is 22.4. The van der Waals surface area contributed by atoms with E-state index in [0.29, 0.717) is 5.56 Å². The highest BCUT2D eigenvalue weighted by Gasteiger charge is 2.27. The lowest BCUT2D eigenvalue weighted by atomic mass is 10.1. The van der Waals surface area contributed by atoms with Crippen molar-refractivity contribution in [1.29, 1.82) is 0 Å². The topological polar surface area (TPSA) is 55.4 Å². The number of carbonyl (C=O) groups is 2. The molecule has 0 saturated carbocycles. The average molecular weight is 480 g/mol. The molecule has 9 heteroatoms. The second kappa shape index (κ2) is 13.7. The number of rotatable bonds is 4. The molecule has 2 aromatic carbocycles. The molecule has 29 heavy (non-hydrogen) atoms. The van der Waals surface area contributed by atoms with Gasteiger partial charge in [-0.1, -0.05) is 38.1 Å². The molecular weight excluding hydrogens is 458 g/mol. The van der Waals surface area contributed by atoms with Crippen molar-refractivity contribution >= 4 is 27.8 Å². The Bertz CT molecular complexity index is 768. The number of halogens is 5. The number of hydrogen-bond donors (Lipinski definition) is 1. The first-order valence-electron chi connectivity index (χ1n) is 8.53. The third kappa shape index (κ3) is 11.9. The first-order valence-corrected chi connectivity index (χ1v) is 9.32. The second-order valence-electron chi connectivity index (χ2n) is 5.17. The quantitative estimate of drug-likeness (QED) is 0.477. The van der Waals surface area contributed by atoms with Crippen molar-refractivity contribution in [2.75, 3.05) is 13.7 Å². The highest BCUT2D eigenvalue weighted by atomic mass is 79.9. The number of methoxy groups -OCH3 is 1. The van der Waals surface area contributed by atoms with Gasteiger partial charge in [-0.25, -0.2) is 4.39 Å². The van der Waals surface area contributed by atoms with E-state index in [0.717, 1.165) is 6.07 Å². The molecule has 0 aliphatic heterocycles. The van der Waals surface area contributed by atoms with Crippen LogP contribution >= 0.6 is 15.9 Å². The highest BCUT2D eigenvalue weighted by Crippen LogP contribution is 2.23. The number of amides is 1. The summed E-state index contributed by atoms with van der Waals surface area (Å²) in [7, 11) is 1.27. The van der Waals surface area contributed by atoms with Crippen LogP contribution in [0.25, 0.3) is 0 Å². The van der Waals surface area contributed by atoms with E-state index in [1.165, 1.54) is 19.2 Å². The molecule has 1 N–H and O–H groups in total. The summed E-state index contributed by atoms with van der Waals surface area (Å²) in [5.74, 6) is -1.42. The first-order chi connectivity index (χ1) is 13.6. The van der Waals surface area contributed by atoms with Crippen LogP contribution in [0.5, 0.6) is 0 Å². The van der Waals surface area contributed by atoms with Gasteiger partial charge >= 0.3 is 12.1 Å². The Morgan fingerprint density at radius 2 is 1.66 bits per heavy atom. The lowest BCUT2D eigenvalue weighted by Gasteiger charge is -2.06. The van der Waals surface area contributed by atoms with Gasteiger partial charge in [0, 0.05) is 5.56 Å². The lowest BCUT2D eigenvalue weighted by Crippen LogP contribution is -2.29. The van der Waals surface area contributed by atoms with Gasteiger partial charge in [0.15, 0.2) is 0 Å². The lowest BCUT2D eigenvalue weighted by molar-refractivity contribution is -0.139. The zero-order valence-corrected chi connectivity index (χ0v) is 17.7. The van der Waals surface area contributed by atoms with E-state index in [1.54, 1.807) is 24.3 Å². The Balaban J connectivity index is 0.000000499. The molecule has 2 aromatic rings. The molecule has 4 nitrogen and oxygen atoms in total. The molecule has 0 heterocycles. The first kappa shape index (κ1) is 26.6. The van der Waals surface area contributed by atoms with Crippen molar-refractivity contribution in [2.45, 2.75) is 26.4 Å². The monoisotopic (exact) mass is 479 g/mol. The molecule has 0 saturated heterocycles. The van der Waals surface area contributed by atoms with E-state index in [1.807, 2.05) is 19.9 Å². The van der Waals surface area contributed by atoms with E-state index in [9.17, 15) is 27.2 Å². The van der Waals surface area contributed by atoms with Crippen LogP contribution in [0.1, 0.15) is 29.8 Å². The summed E-state index contributed by atoms with van der Waals surface area (Å²) in [6.07, 6.45) is -5.39. The maximum absolute atomic E-state index is 12.7. The van der Waals surface area contributed by atoms with Crippen LogP contribution in [-0.2, 0) is 16.0 Å². The highest BCUT2D eigenvalue weighted by molar-refractivity contribution is 9.10. The largest absolute Gasteiger partial charge is 0.468 e. The normalized spacial score (nSPS) is 9.93. The Morgan fingerprint density at radius 1 is 1.07 bits per heavy atom. The van der Waals surface area contributed by atoms with Crippen molar-refractivity contribution in [2.24, 2.45) is 0 Å². The van der Waals surface area contributed by atoms with Gasteiger partial charge in [-0.05, 0) is 45.8 Å². The van der Waals surface area contributed by atoms with Crippen molar-refractivity contribution in [3.63, 3.8) is 0 Å². The Hall–Kier alpha value is -2.42. The summed E-state index contributed by atoms with van der Waals surface area (Å²) in [6.45, 7) is 3.89. The molecule has 0 unspecified atom stereocenters. The predicted octanol–water partition coefficient (Wildman–Crippen LogP) is 5.31. The number of hydrogen-bond acceptors (Lipinski definition) is 3. The smallest absolute Gasteiger partial charge is 0.393 e. The van der Waals surface area contributed by atoms with Gasteiger partial charge in [0.1, 0.15) is 12.4 Å². The standard InChI is InChI=1S/C10H11NO3.C8H5BrF4.C2H6/c1-14-9(12)7-11-10(13)8-5-3-2-4-6-8;9-6-2-1-5(3-7(6)10)4-8(11,12)13;1-2/h2-6H,7H2,1H3,(H,11,13);1-3H,4H2;1-2H3. The molecule has 0 radical (unpaired) electrons. The molecule has 0 bridgehead atoms. The van der Waals surface area contributed by atoms with E-state index in [-0.39, 0.29) is 22.5 Å². The third-order valence-electron chi connectivity index (χ3n) is 3.05. The predicted molar refractivity (Wildman–Crippen MR) is 106 cm³/mol.